The van der Waals surface area contributed by atoms with Crippen LogP contribution in [0.5, 0.6) is 0 Å². The molecule has 20 heavy (non-hydrogen) atoms. The van der Waals surface area contributed by atoms with Crippen molar-refractivity contribution in [2.24, 2.45) is 5.73 Å². The lowest BCUT2D eigenvalue weighted by Gasteiger charge is -2.33. The van der Waals surface area contributed by atoms with Gasteiger partial charge in [0.1, 0.15) is 16.5 Å². The van der Waals surface area contributed by atoms with Crippen molar-refractivity contribution in [2.45, 2.75) is 30.2 Å². The summed E-state index contributed by atoms with van der Waals surface area (Å²) in [7, 11) is -4.01. The Balaban J connectivity index is 2.46. The number of rotatable bonds is 3. The highest BCUT2D eigenvalue weighted by Crippen LogP contribution is 2.29. The van der Waals surface area contributed by atoms with Crippen LogP contribution >= 0.6 is 15.9 Å². The number of piperidine rings is 1. The Morgan fingerprint density at radius 3 is 2.65 bits per heavy atom. The SMILES string of the molecule is NCC1CCCCN1S(=O)(=O)c1cc(Br)c(F)cc1F. The smallest absolute Gasteiger partial charge is 0.246 e. The van der Waals surface area contributed by atoms with Crippen molar-refractivity contribution in [2.75, 3.05) is 13.1 Å². The molecule has 0 saturated carbocycles. The maximum atomic E-state index is 13.8. The van der Waals surface area contributed by atoms with E-state index >= 15 is 0 Å². The lowest BCUT2D eigenvalue weighted by Crippen LogP contribution is -2.47. The lowest BCUT2D eigenvalue weighted by atomic mass is 10.1. The van der Waals surface area contributed by atoms with Crippen LogP contribution < -0.4 is 5.73 Å². The van der Waals surface area contributed by atoms with Crippen molar-refractivity contribution in [1.82, 2.24) is 4.31 Å². The molecule has 0 aromatic heterocycles. The predicted molar refractivity (Wildman–Crippen MR) is 74.6 cm³/mol. The molecule has 1 unspecified atom stereocenters. The van der Waals surface area contributed by atoms with E-state index in [1.54, 1.807) is 0 Å². The van der Waals surface area contributed by atoms with E-state index in [1.807, 2.05) is 0 Å². The summed E-state index contributed by atoms with van der Waals surface area (Å²) in [5, 5.41) is 0. The van der Waals surface area contributed by atoms with Crippen LogP contribution in [0.25, 0.3) is 0 Å². The molecule has 112 valence electrons. The third-order valence-electron chi connectivity index (χ3n) is 3.41. The van der Waals surface area contributed by atoms with E-state index in [0.29, 0.717) is 25.5 Å². The van der Waals surface area contributed by atoms with Crippen molar-refractivity contribution in [1.29, 1.82) is 0 Å². The molecule has 8 heteroatoms. The molecule has 0 radical (unpaired) electrons. The average molecular weight is 369 g/mol. The van der Waals surface area contributed by atoms with E-state index in [0.717, 1.165) is 12.5 Å². The van der Waals surface area contributed by atoms with Crippen LogP contribution in [0.2, 0.25) is 0 Å². The fraction of sp³-hybridized carbons (Fsp3) is 0.500. The molecule has 1 aromatic carbocycles. The number of halogens is 3. The summed E-state index contributed by atoms with van der Waals surface area (Å²) in [4.78, 5) is -0.522. The van der Waals surface area contributed by atoms with Crippen molar-refractivity contribution in [3.8, 4) is 0 Å². The number of hydrogen-bond donors (Lipinski definition) is 1. The van der Waals surface area contributed by atoms with Crippen LogP contribution in [-0.4, -0.2) is 31.9 Å². The van der Waals surface area contributed by atoms with Gasteiger partial charge >= 0.3 is 0 Å². The summed E-state index contributed by atoms with van der Waals surface area (Å²) >= 11 is 2.88. The second-order valence-corrected chi connectivity index (χ2v) is 7.41. The zero-order valence-corrected chi connectivity index (χ0v) is 13.1. The van der Waals surface area contributed by atoms with Gasteiger partial charge in [-0.05, 0) is 34.8 Å². The average Bonchev–Trinajstić information content (AvgIpc) is 2.42. The van der Waals surface area contributed by atoms with Crippen molar-refractivity contribution >= 4 is 26.0 Å². The van der Waals surface area contributed by atoms with E-state index in [9.17, 15) is 17.2 Å². The molecule has 2 rings (SSSR count). The van der Waals surface area contributed by atoms with E-state index in [2.05, 4.69) is 15.9 Å². The topological polar surface area (TPSA) is 63.4 Å². The molecule has 1 aliphatic rings. The Bertz CT molecular complexity index is 610. The van der Waals surface area contributed by atoms with E-state index in [4.69, 9.17) is 5.73 Å². The van der Waals surface area contributed by atoms with E-state index in [-0.39, 0.29) is 17.1 Å². The van der Waals surface area contributed by atoms with Gasteiger partial charge in [-0.25, -0.2) is 17.2 Å². The number of nitrogens with zero attached hydrogens (tertiary/aromatic N) is 1. The Morgan fingerprint density at radius 2 is 2.00 bits per heavy atom. The first-order chi connectivity index (χ1) is 9.37. The molecule has 1 atom stereocenters. The number of hydrogen-bond acceptors (Lipinski definition) is 3. The first-order valence-electron chi connectivity index (χ1n) is 6.24. The van der Waals surface area contributed by atoms with Gasteiger partial charge in [-0.1, -0.05) is 6.42 Å². The summed E-state index contributed by atoms with van der Waals surface area (Å²) in [6.07, 6.45) is 2.25. The third-order valence-corrected chi connectivity index (χ3v) is 5.98. The highest BCUT2D eigenvalue weighted by atomic mass is 79.9. The molecule has 0 spiro atoms. The largest absolute Gasteiger partial charge is 0.329 e. The normalized spacial score (nSPS) is 21.1. The van der Waals surface area contributed by atoms with Gasteiger partial charge in [0.2, 0.25) is 10.0 Å². The monoisotopic (exact) mass is 368 g/mol. The first-order valence-corrected chi connectivity index (χ1v) is 8.47. The lowest BCUT2D eigenvalue weighted by molar-refractivity contribution is 0.257. The second kappa shape index (κ2) is 6.05. The van der Waals surface area contributed by atoms with Crippen LogP contribution in [-0.2, 0) is 10.0 Å². The van der Waals surface area contributed by atoms with Crippen LogP contribution in [0.4, 0.5) is 8.78 Å². The Kier molecular flexibility index (Phi) is 4.78. The van der Waals surface area contributed by atoms with E-state index in [1.165, 1.54) is 4.31 Å². The molecule has 1 heterocycles. The zero-order chi connectivity index (χ0) is 14.9. The molecule has 1 fully saturated rings. The number of sulfonamides is 1. The maximum Gasteiger partial charge on any atom is 0.246 e. The van der Waals surface area contributed by atoms with Gasteiger partial charge in [-0.15, -0.1) is 0 Å². The number of benzene rings is 1. The molecule has 0 bridgehead atoms. The zero-order valence-electron chi connectivity index (χ0n) is 10.7. The summed E-state index contributed by atoms with van der Waals surface area (Å²) in [5.41, 5.74) is 5.59. The van der Waals surface area contributed by atoms with Crippen LogP contribution in [0.3, 0.4) is 0 Å². The van der Waals surface area contributed by atoms with Crippen molar-refractivity contribution in [3.63, 3.8) is 0 Å². The summed E-state index contributed by atoms with van der Waals surface area (Å²) in [5.74, 6) is -1.93. The van der Waals surface area contributed by atoms with Crippen molar-refractivity contribution < 1.29 is 17.2 Å². The third kappa shape index (κ3) is 2.88. The fourth-order valence-corrected chi connectivity index (χ4v) is 4.63. The highest BCUT2D eigenvalue weighted by molar-refractivity contribution is 9.10. The second-order valence-electron chi connectivity index (χ2n) is 4.70. The molecule has 0 amide bonds. The highest BCUT2D eigenvalue weighted by Gasteiger charge is 2.34. The van der Waals surface area contributed by atoms with Gasteiger partial charge in [0.25, 0.3) is 0 Å². The summed E-state index contributed by atoms with van der Waals surface area (Å²) in [6, 6.07) is 1.19. The molecule has 0 aliphatic carbocycles. The molecular weight excluding hydrogens is 354 g/mol. The minimum Gasteiger partial charge on any atom is -0.329 e. The van der Waals surface area contributed by atoms with Gasteiger partial charge in [0, 0.05) is 25.2 Å². The summed E-state index contributed by atoms with van der Waals surface area (Å²) in [6.45, 7) is 0.488. The van der Waals surface area contributed by atoms with E-state index < -0.39 is 26.6 Å². The molecule has 1 aromatic rings. The van der Waals surface area contributed by atoms with Gasteiger partial charge in [-0.3, -0.25) is 0 Å². The Morgan fingerprint density at radius 1 is 1.30 bits per heavy atom. The Hall–Kier alpha value is -0.570. The molecule has 1 aliphatic heterocycles. The minimum atomic E-state index is -4.01. The van der Waals surface area contributed by atoms with Crippen molar-refractivity contribution in [3.05, 3.63) is 28.2 Å². The number of nitrogens with two attached hydrogens (primary N) is 1. The Labute approximate surface area is 125 Å². The van der Waals surface area contributed by atoms with Gasteiger partial charge in [-0.2, -0.15) is 4.31 Å². The van der Waals surface area contributed by atoms with Gasteiger partial charge < -0.3 is 5.73 Å². The predicted octanol–water partition coefficient (Wildman–Crippen LogP) is 2.23. The quantitative estimate of drug-likeness (QED) is 0.832. The maximum absolute atomic E-state index is 13.8. The molecule has 1 saturated heterocycles. The van der Waals surface area contributed by atoms with Crippen LogP contribution in [0.1, 0.15) is 19.3 Å². The molecular formula is C12H15BrF2N2O2S. The first kappa shape index (κ1) is 15.8. The minimum absolute atomic E-state index is 0.0845. The molecule has 4 nitrogen and oxygen atoms in total. The van der Waals surface area contributed by atoms with Gasteiger partial charge in [0.05, 0.1) is 4.47 Å². The van der Waals surface area contributed by atoms with Crippen LogP contribution in [0, 0.1) is 11.6 Å². The standard InChI is InChI=1S/C12H15BrF2N2O2S/c13-9-5-12(11(15)6-10(9)14)20(18,19)17-4-2-1-3-8(17)7-16/h5-6,8H,1-4,7,16H2. The van der Waals surface area contributed by atoms with Gasteiger partial charge in [0.15, 0.2) is 0 Å². The van der Waals surface area contributed by atoms with Crippen LogP contribution in [0.15, 0.2) is 21.5 Å². The summed E-state index contributed by atoms with van der Waals surface area (Å²) < 4.78 is 53.2. The molecule has 2 N–H and O–H groups in total. The fourth-order valence-electron chi connectivity index (χ4n) is 2.35.